The molecule has 0 saturated carbocycles. The van der Waals surface area contributed by atoms with Crippen LogP contribution in [0.2, 0.25) is 10.4 Å². The van der Waals surface area contributed by atoms with Crippen molar-refractivity contribution in [1.82, 2.24) is 9.97 Å². The minimum atomic E-state index is 0.182. The van der Waals surface area contributed by atoms with Gasteiger partial charge in [0.1, 0.15) is 11.0 Å². The zero-order valence-corrected chi connectivity index (χ0v) is 10.5. The Bertz CT molecular complexity index is 349. The van der Waals surface area contributed by atoms with Crippen molar-refractivity contribution in [3.63, 3.8) is 0 Å². The fraction of sp³-hybridized carbons (Fsp3) is 0.600. The highest BCUT2D eigenvalue weighted by molar-refractivity contribution is 6.32. The second-order valence-corrected chi connectivity index (χ2v) is 4.50. The molecule has 1 saturated heterocycles. The first kappa shape index (κ1) is 11.9. The summed E-state index contributed by atoms with van der Waals surface area (Å²) < 4.78 is 5.32. The Morgan fingerprint density at radius 3 is 2.62 bits per heavy atom. The van der Waals surface area contributed by atoms with Gasteiger partial charge in [-0.25, -0.2) is 9.97 Å². The van der Waals surface area contributed by atoms with Gasteiger partial charge in [0.25, 0.3) is 0 Å². The lowest BCUT2D eigenvalue weighted by Crippen LogP contribution is -2.37. The van der Waals surface area contributed by atoms with Gasteiger partial charge >= 0.3 is 0 Å². The lowest BCUT2D eigenvalue weighted by atomic mass is 10.1. The summed E-state index contributed by atoms with van der Waals surface area (Å²) in [6, 6.07) is 2.15. The number of aromatic nitrogens is 2. The van der Waals surface area contributed by atoms with E-state index in [1.54, 1.807) is 6.07 Å². The SMILES string of the molecule is CN(c1cc(Cl)nc(Cl)n1)C1CCOCC1. The maximum absolute atomic E-state index is 5.85. The van der Waals surface area contributed by atoms with Gasteiger partial charge in [0.2, 0.25) is 5.28 Å². The predicted molar refractivity (Wildman–Crippen MR) is 64.3 cm³/mol. The average Bonchev–Trinajstić information content (AvgIpc) is 2.28. The van der Waals surface area contributed by atoms with Crippen LogP contribution in [0.3, 0.4) is 0 Å². The molecule has 0 radical (unpaired) electrons. The molecule has 6 heteroatoms. The van der Waals surface area contributed by atoms with E-state index >= 15 is 0 Å². The topological polar surface area (TPSA) is 38.2 Å². The molecule has 16 heavy (non-hydrogen) atoms. The van der Waals surface area contributed by atoms with E-state index in [-0.39, 0.29) is 5.28 Å². The Labute approximate surface area is 105 Å². The van der Waals surface area contributed by atoms with E-state index in [4.69, 9.17) is 27.9 Å². The van der Waals surface area contributed by atoms with Crippen molar-refractivity contribution in [2.75, 3.05) is 25.2 Å². The number of nitrogens with zero attached hydrogens (tertiary/aromatic N) is 3. The van der Waals surface area contributed by atoms with Gasteiger partial charge in [0, 0.05) is 32.4 Å². The van der Waals surface area contributed by atoms with Gasteiger partial charge < -0.3 is 9.64 Å². The number of hydrogen-bond acceptors (Lipinski definition) is 4. The van der Waals surface area contributed by atoms with E-state index in [0.717, 1.165) is 31.9 Å². The van der Waals surface area contributed by atoms with Crippen LogP contribution in [-0.4, -0.2) is 36.3 Å². The Morgan fingerprint density at radius 2 is 2.00 bits per heavy atom. The largest absolute Gasteiger partial charge is 0.381 e. The Morgan fingerprint density at radius 1 is 1.31 bits per heavy atom. The molecule has 4 nitrogen and oxygen atoms in total. The van der Waals surface area contributed by atoms with Crippen LogP contribution in [0.4, 0.5) is 5.82 Å². The van der Waals surface area contributed by atoms with Gasteiger partial charge in [-0.2, -0.15) is 0 Å². The molecule has 2 heterocycles. The normalized spacial score (nSPS) is 17.4. The van der Waals surface area contributed by atoms with Gasteiger partial charge in [0.15, 0.2) is 0 Å². The predicted octanol–water partition coefficient (Wildman–Crippen LogP) is 2.40. The van der Waals surface area contributed by atoms with Crippen molar-refractivity contribution in [3.8, 4) is 0 Å². The van der Waals surface area contributed by atoms with Crippen LogP contribution in [0.1, 0.15) is 12.8 Å². The lowest BCUT2D eigenvalue weighted by molar-refractivity contribution is 0.0853. The summed E-state index contributed by atoms with van der Waals surface area (Å²) in [5.74, 6) is 0.761. The van der Waals surface area contributed by atoms with Crippen molar-refractivity contribution in [1.29, 1.82) is 0 Å². The molecular weight excluding hydrogens is 249 g/mol. The van der Waals surface area contributed by atoms with E-state index in [1.165, 1.54) is 0 Å². The van der Waals surface area contributed by atoms with Crippen LogP contribution in [0, 0.1) is 0 Å². The third-order valence-electron chi connectivity index (χ3n) is 2.75. The van der Waals surface area contributed by atoms with Crippen LogP contribution in [0.5, 0.6) is 0 Å². The molecule has 0 bridgehead atoms. The summed E-state index contributed by atoms with van der Waals surface area (Å²) in [5, 5.41) is 0.551. The summed E-state index contributed by atoms with van der Waals surface area (Å²) in [5.41, 5.74) is 0. The number of ether oxygens (including phenoxy) is 1. The smallest absolute Gasteiger partial charge is 0.225 e. The first-order chi connectivity index (χ1) is 7.66. The van der Waals surface area contributed by atoms with Gasteiger partial charge in [-0.15, -0.1) is 0 Å². The van der Waals surface area contributed by atoms with Gasteiger partial charge in [-0.1, -0.05) is 11.6 Å². The monoisotopic (exact) mass is 261 g/mol. The highest BCUT2D eigenvalue weighted by Gasteiger charge is 2.20. The minimum Gasteiger partial charge on any atom is -0.381 e. The number of anilines is 1. The quantitative estimate of drug-likeness (QED) is 0.606. The second kappa shape index (κ2) is 5.17. The molecule has 1 aliphatic heterocycles. The van der Waals surface area contributed by atoms with Crippen molar-refractivity contribution < 1.29 is 4.74 Å². The van der Waals surface area contributed by atoms with Gasteiger partial charge in [0.05, 0.1) is 0 Å². The highest BCUT2D eigenvalue weighted by Crippen LogP contribution is 2.22. The van der Waals surface area contributed by atoms with Crippen LogP contribution >= 0.6 is 23.2 Å². The molecule has 1 aromatic rings. The molecule has 2 rings (SSSR count). The van der Waals surface area contributed by atoms with Crippen molar-refractivity contribution in [2.45, 2.75) is 18.9 Å². The Kier molecular flexibility index (Phi) is 3.84. The van der Waals surface area contributed by atoms with Crippen LogP contribution in [-0.2, 0) is 4.74 Å². The second-order valence-electron chi connectivity index (χ2n) is 3.77. The molecule has 0 aliphatic carbocycles. The molecule has 0 spiro atoms. The maximum atomic E-state index is 5.85. The van der Waals surface area contributed by atoms with Crippen molar-refractivity contribution >= 4 is 29.0 Å². The summed E-state index contributed by atoms with van der Waals surface area (Å²) >= 11 is 11.6. The molecule has 0 N–H and O–H groups in total. The maximum Gasteiger partial charge on any atom is 0.225 e. The van der Waals surface area contributed by atoms with Crippen LogP contribution < -0.4 is 4.90 Å². The highest BCUT2D eigenvalue weighted by atomic mass is 35.5. The summed E-state index contributed by atoms with van der Waals surface area (Å²) in [6.45, 7) is 1.59. The first-order valence-corrected chi connectivity index (χ1v) is 5.93. The molecule has 1 aromatic heterocycles. The summed E-state index contributed by atoms with van der Waals surface area (Å²) in [4.78, 5) is 10.1. The van der Waals surface area contributed by atoms with Crippen LogP contribution in [0.25, 0.3) is 0 Å². The lowest BCUT2D eigenvalue weighted by Gasteiger charge is -2.32. The van der Waals surface area contributed by atoms with Crippen molar-refractivity contribution in [3.05, 3.63) is 16.5 Å². The molecule has 88 valence electrons. The molecule has 0 aromatic carbocycles. The number of halogens is 2. The fourth-order valence-electron chi connectivity index (χ4n) is 1.82. The van der Waals surface area contributed by atoms with Crippen LogP contribution in [0.15, 0.2) is 6.07 Å². The third-order valence-corrected chi connectivity index (χ3v) is 3.12. The molecule has 0 atom stereocenters. The molecule has 0 amide bonds. The average molecular weight is 262 g/mol. The van der Waals surface area contributed by atoms with Gasteiger partial charge in [-0.3, -0.25) is 0 Å². The number of rotatable bonds is 2. The third kappa shape index (κ3) is 2.75. The van der Waals surface area contributed by atoms with E-state index < -0.39 is 0 Å². The molecule has 1 aliphatic rings. The van der Waals surface area contributed by atoms with Gasteiger partial charge in [-0.05, 0) is 24.4 Å². The van der Waals surface area contributed by atoms with E-state index in [1.807, 2.05) is 7.05 Å². The van der Waals surface area contributed by atoms with E-state index in [2.05, 4.69) is 14.9 Å². The summed E-state index contributed by atoms with van der Waals surface area (Å²) in [6.07, 6.45) is 1.99. The fourth-order valence-corrected chi connectivity index (χ4v) is 2.22. The zero-order valence-electron chi connectivity index (χ0n) is 8.99. The first-order valence-electron chi connectivity index (χ1n) is 5.17. The van der Waals surface area contributed by atoms with E-state index in [9.17, 15) is 0 Å². The Balaban J connectivity index is 2.15. The molecular formula is C10H13Cl2N3O. The zero-order chi connectivity index (χ0) is 11.5. The molecule has 1 fully saturated rings. The minimum absolute atomic E-state index is 0.182. The Hall–Kier alpha value is -0.580. The van der Waals surface area contributed by atoms with Crippen molar-refractivity contribution in [2.24, 2.45) is 0 Å². The summed E-state index contributed by atoms with van der Waals surface area (Å²) in [7, 11) is 1.99. The number of hydrogen-bond donors (Lipinski definition) is 0. The standard InChI is InChI=1S/C10H13Cl2N3O/c1-15(7-2-4-16-5-3-7)9-6-8(11)13-10(12)14-9/h6-7H,2-5H2,1H3. The van der Waals surface area contributed by atoms with E-state index in [0.29, 0.717) is 11.2 Å². The molecule has 0 unspecified atom stereocenters.